The van der Waals surface area contributed by atoms with Gasteiger partial charge in [-0.1, -0.05) is 29.8 Å². The standard InChI is InChI=1S/C14H20BrN3O3/c1-9(2)6-12(14(19)16-3)17-8-10-7-11(15)4-5-13(10)18(20)21/h4-5,7,9,12,17H,6,8H2,1-3H3,(H,16,19). The number of nitro groups is 1. The molecule has 1 rings (SSSR count). The largest absolute Gasteiger partial charge is 0.358 e. The van der Waals surface area contributed by atoms with Gasteiger partial charge >= 0.3 is 0 Å². The van der Waals surface area contributed by atoms with Gasteiger partial charge in [0, 0.05) is 29.7 Å². The molecule has 0 bridgehead atoms. The lowest BCUT2D eigenvalue weighted by Crippen LogP contribution is -2.43. The van der Waals surface area contributed by atoms with Crippen LogP contribution in [0, 0.1) is 16.0 Å². The van der Waals surface area contributed by atoms with Crippen LogP contribution in [0.25, 0.3) is 0 Å². The molecular weight excluding hydrogens is 338 g/mol. The van der Waals surface area contributed by atoms with Crippen LogP contribution < -0.4 is 10.6 Å². The Morgan fingerprint density at radius 3 is 2.62 bits per heavy atom. The molecule has 7 heteroatoms. The Morgan fingerprint density at radius 2 is 2.10 bits per heavy atom. The summed E-state index contributed by atoms with van der Waals surface area (Å²) < 4.78 is 0.769. The van der Waals surface area contributed by atoms with Crippen molar-refractivity contribution < 1.29 is 9.72 Å². The summed E-state index contributed by atoms with van der Waals surface area (Å²) in [7, 11) is 1.58. The van der Waals surface area contributed by atoms with Gasteiger partial charge in [-0.05, 0) is 24.5 Å². The Morgan fingerprint density at radius 1 is 1.43 bits per heavy atom. The van der Waals surface area contributed by atoms with Crippen LogP contribution >= 0.6 is 15.9 Å². The molecule has 0 aromatic heterocycles. The zero-order chi connectivity index (χ0) is 16.0. The molecule has 0 radical (unpaired) electrons. The van der Waals surface area contributed by atoms with E-state index in [4.69, 9.17) is 0 Å². The first-order chi connectivity index (χ1) is 9.85. The fourth-order valence-electron chi connectivity index (χ4n) is 2.04. The summed E-state index contributed by atoms with van der Waals surface area (Å²) in [6.45, 7) is 4.32. The number of hydrogen-bond acceptors (Lipinski definition) is 4. The molecule has 1 aromatic carbocycles. The van der Waals surface area contributed by atoms with Gasteiger partial charge < -0.3 is 10.6 Å². The Hall–Kier alpha value is -1.47. The first-order valence-corrected chi connectivity index (χ1v) is 7.52. The van der Waals surface area contributed by atoms with Crippen LogP contribution in [0.15, 0.2) is 22.7 Å². The van der Waals surface area contributed by atoms with Crippen LogP contribution in [-0.4, -0.2) is 23.9 Å². The summed E-state index contributed by atoms with van der Waals surface area (Å²) >= 11 is 3.31. The van der Waals surface area contributed by atoms with E-state index < -0.39 is 4.92 Å². The van der Waals surface area contributed by atoms with Gasteiger partial charge in [0.15, 0.2) is 0 Å². The minimum atomic E-state index is -0.416. The molecule has 1 atom stereocenters. The second-order valence-electron chi connectivity index (χ2n) is 5.21. The van der Waals surface area contributed by atoms with Gasteiger partial charge in [-0.3, -0.25) is 14.9 Å². The summed E-state index contributed by atoms with van der Waals surface area (Å²) in [6.07, 6.45) is 0.668. The number of nitrogens with zero attached hydrogens (tertiary/aromatic N) is 1. The normalized spacial score (nSPS) is 12.2. The van der Waals surface area contributed by atoms with Crippen molar-refractivity contribution in [3.05, 3.63) is 38.3 Å². The number of benzene rings is 1. The van der Waals surface area contributed by atoms with E-state index in [9.17, 15) is 14.9 Å². The second-order valence-corrected chi connectivity index (χ2v) is 6.12. The summed E-state index contributed by atoms with van der Waals surface area (Å²) in [5, 5.41) is 16.7. The van der Waals surface area contributed by atoms with Crippen molar-refractivity contribution in [2.24, 2.45) is 5.92 Å². The lowest BCUT2D eigenvalue weighted by Gasteiger charge is -2.19. The van der Waals surface area contributed by atoms with Crippen molar-refractivity contribution in [1.82, 2.24) is 10.6 Å². The predicted molar refractivity (Wildman–Crippen MR) is 84.9 cm³/mol. The second kappa shape index (κ2) is 8.09. The Balaban J connectivity index is 2.86. The van der Waals surface area contributed by atoms with E-state index in [2.05, 4.69) is 26.6 Å². The van der Waals surface area contributed by atoms with E-state index in [1.807, 2.05) is 13.8 Å². The van der Waals surface area contributed by atoms with Crippen LogP contribution in [0.4, 0.5) is 5.69 Å². The highest BCUT2D eigenvalue weighted by Gasteiger charge is 2.20. The van der Waals surface area contributed by atoms with Crippen LogP contribution in [0.2, 0.25) is 0 Å². The molecule has 0 aliphatic carbocycles. The van der Waals surface area contributed by atoms with Crippen molar-refractivity contribution in [2.45, 2.75) is 32.9 Å². The minimum absolute atomic E-state index is 0.0471. The molecular formula is C14H20BrN3O3. The zero-order valence-corrected chi connectivity index (χ0v) is 13.9. The maximum Gasteiger partial charge on any atom is 0.273 e. The van der Waals surface area contributed by atoms with E-state index in [0.29, 0.717) is 17.9 Å². The predicted octanol–water partition coefficient (Wildman–Crippen LogP) is 2.61. The number of carbonyl (C=O) groups is 1. The van der Waals surface area contributed by atoms with Crippen molar-refractivity contribution in [1.29, 1.82) is 0 Å². The van der Waals surface area contributed by atoms with Crippen LogP contribution in [0.5, 0.6) is 0 Å². The molecule has 1 unspecified atom stereocenters. The Bertz CT molecular complexity index is 520. The third kappa shape index (κ3) is 5.43. The molecule has 0 aliphatic rings. The van der Waals surface area contributed by atoms with Gasteiger partial charge in [0.2, 0.25) is 5.91 Å². The van der Waals surface area contributed by atoms with Crippen LogP contribution in [0.1, 0.15) is 25.8 Å². The summed E-state index contributed by atoms with van der Waals surface area (Å²) in [4.78, 5) is 22.5. The molecule has 21 heavy (non-hydrogen) atoms. The lowest BCUT2D eigenvalue weighted by molar-refractivity contribution is -0.385. The van der Waals surface area contributed by atoms with Gasteiger partial charge in [-0.15, -0.1) is 0 Å². The number of hydrogen-bond donors (Lipinski definition) is 2. The van der Waals surface area contributed by atoms with Crippen molar-refractivity contribution in [3.63, 3.8) is 0 Å². The quantitative estimate of drug-likeness (QED) is 0.580. The van der Waals surface area contributed by atoms with Gasteiger partial charge in [0.25, 0.3) is 5.69 Å². The molecule has 116 valence electrons. The van der Waals surface area contributed by atoms with Crippen molar-refractivity contribution in [3.8, 4) is 0 Å². The molecule has 0 aliphatic heterocycles. The first-order valence-electron chi connectivity index (χ1n) is 6.73. The zero-order valence-electron chi connectivity index (χ0n) is 12.4. The van der Waals surface area contributed by atoms with Gasteiger partial charge in [0.05, 0.1) is 11.0 Å². The van der Waals surface area contributed by atoms with Crippen molar-refractivity contribution >= 4 is 27.5 Å². The monoisotopic (exact) mass is 357 g/mol. The fourth-order valence-corrected chi connectivity index (χ4v) is 2.44. The van der Waals surface area contributed by atoms with Crippen LogP contribution in [0.3, 0.4) is 0 Å². The number of rotatable bonds is 7. The number of nitrogens with one attached hydrogen (secondary N) is 2. The highest BCUT2D eigenvalue weighted by Crippen LogP contribution is 2.23. The number of carbonyl (C=O) groups excluding carboxylic acids is 1. The molecule has 2 N–H and O–H groups in total. The topological polar surface area (TPSA) is 84.3 Å². The van der Waals surface area contributed by atoms with Crippen LogP contribution in [-0.2, 0) is 11.3 Å². The Labute approximate surface area is 132 Å². The SMILES string of the molecule is CNC(=O)C(CC(C)C)NCc1cc(Br)ccc1[N+](=O)[O-]. The molecule has 1 aromatic rings. The van der Waals surface area contributed by atoms with E-state index in [1.165, 1.54) is 6.07 Å². The molecule has 0 heterocycles. The third-order valence-corrected chi connectivity index (χ3v) is 3.54. The molecule has 0 saturated heterocycles. The molecule has 6 nitrogen and oxygen atoms in total. The average Bonchev–Trinajstić information content (AvgIpc) is 2.41. The molecule has 0 fully saturated rings. The highest BCUT2D eigenvalue weighted by molar-refractivity contribution is 9.10. The van der Waals surface area contributed by atoms with E-state index in [0.717, 1.165) is 4.47 Å². The lowest BCUT2D eigenvalue weighted by atomic mass is 10.0. The highest BCUT2D eigenvalue weighted by atomic mass is 79.9. The average molecular weight is 358 g/mol. The van der Waals surface area contributed by atoms with Gasteiger partial charge in [-0.25, -0.2) is 0 Å². The summed E-state index contributed by atoms with van der Waals surface area (Å²) in [5.41, 5.74) is 0.595. The Kier molecular flexibility index (Phi) is 6.77. The molecule has 0 spiro atoms. The third-order valence-electron chi connectivity index (χ3n) is 3.05. The minimum Gasteiger partial charge on any atom is -0.358 e. The van der Waals surface area contributed by atoms with E-state index >= 15 is 0 Å². The van der Waals surface area contributed by atoms with Gasteiger partial charge in [-0.2, -0.15) is 0 Å². The smallest absolute Gasteiger partial charge is 0.273 e. The number of likely N-dealkylation sites (N-methyl/N-ethyl adjacent to an activating group) is 1. The number of amides is 1. The maximum atomic E-state index is 11.8. The summed E-state index contributed by atoms with van der Waals surface area (Å²) in [5.74, 6) is 0.235. The van der Waals surface area contributed by atoms with E-state index in [-0.39, 0.29) is 24.2 Å². The summed E-state index contributed by atoms with van der Waals surface area (Å²) in [6, 6.07) is 4.42. The molecule has 0 saturated carbocycles. The molecule has 1 amide bonds. The maximum absolute atomic E-state index is 11.8. The van der Waals surface area contributed by atoms with E-state index in [1.54, 1.807) is 19.2 Å². The fraction of sp³-hybridized carbons (Fsp3) is 0.500. The van der Waals surface area contributed by atoms with Crippen molar-refractivity contribution in [2.75, 3.05) is 7.05 Å². The first kappa shape index (κ1) is 17.6. The van der Waals surface area contributed by atoms with Gasteiger partial charge in [0.1, 0.15) is 0 Å². The number of halogens is 1. The number of nitro benzene ring substituents is 1.